The van der Waals surface area contributed by atoms with Crippen LogP contribution in [-0.4, -0.2) is 26.9 Å². The summed E-state index contributed by atoms with van der Waals surface area (Å²) in [4.78, 5) is 12.9. The van der Waals surface area contributed by atoms with Gasteiger partial charge in [0.25, 0.3) is 10.0 Å². The fraction of sp³-hybridized carbons (Fsp3) is 0.381. The number of carbonyl (C=O) groups is 1. The Kier molecular flexibility index (Phi) is 5.47. The zero-order valence-electron chi connectivity index (χ0n) is 15.4. The van der Waals surface area contributed by atoms with Gasteiger partial charge in [-0.15, -0.1) is 0 Å². The number of rotatable bonds is 6. The normalized spacial score (nSPS) is 23.5. The number of halogens is 1. The van der Waals surface area contributed by atoms with E-state index < -0.39 is 10.0 Å². The van der Waals surface area contributed by atoms with E-state index in [1.54, 1.807) is 54.6 Å². The first kappa shape index (κ1) is 19.5. The molecular formula is C21H23BrN2O3S. The fourth-order valence-corrected chi connectivity index (χ4v) is 6.15. The number of hydrogen-bond donors (Lipinski definition) is 1. The summed E-state index contributed by atoms with van der Waals surface area (Å²) in [5.74, 6) is 1.01. The van der Waals surface area contributed by atoms with Crippen LogP contribution < -0.4 is 9.62 Å². The van der Waals surface area contributed by atoms with E-state index in [-0.39, 0.29) is 23.4 Å². The van der Waals surface area contributed by atoms with Crippen LogP contribution in [0.4, 0.5) is 5.69 Å². The van der Waals surface area contributed by atoms with Crippen LogP contribution in [0.15, 0.2) is 64.0 Å². The first-order chi connectivity index (χ1) is 13.4. The van der Waals surface area contributed by atoms with Crippen LogP contribution in [0.5, 0.6) is 0 Å². The molecule has 7 heteroatoms. The van der Waals surface area contributed by atoms with E-state index in [2.05, 4.69) is 21.2 Å². The highest BCUT2D eigenvalue weighted by atomic mass is 79.9. The number of anilines is 1. The van der Waals surface area contributed by atoms with Gasteiger partial charge in [0.05, 0.1) is 10.6 Å². The average molecular weight is 463 g/mol. The van der Waals surface area contributed by atoms with Crippen molar-refractivity contribution in [1.29, 1.82) is 0 Å². The zero-order valence-corrected chi connectivity index (χ0v) is 17.8. The Morgan fingerprint density at radius 3 is 2.36 bits per heavy atom. The highest BCUT2D eigenvalue weighted by Gasteiger charge is 2.40. The summed E-state index contributed by atoms with van der Waals surface area (Å²) in [6, 6.07) is 15.4. The van der Waals surface area contributed by atoms with Crippen molar-refractivity contribution in [2.45, 2.75) is 36.6 Å². The minimum Gasteiger partial charge on any atom is -0.352 e. The highest BCUT2D eigenvalue weighted by Crippen LogP contribution is 2.44. The molecule has 3 atom stereocenters. The second-order valence-electron chi connectivity index (χ2n) is 7.65. The molecule has 28 heavy (non-hydrogen) atoms. The van der Waals surface area contributed by atoms with Crippen LogP contribution in [0.3, 0.4) is 0 Å². The Balaban J connectivity index is 1.58. The van der Waals surface area contributed by atoms with Crippen molar-refractivity contribution in [3.8, 4) is 0 Å². The molecule has 2 aromatic carbocycles. The Bertz CT molecular complexity index is 947. The van der Waals surface area contributed by atoms with Crippen molar-refractivity contribution in [1.82, 2.24) is 5.32 Å². The molecule has 1 N–H and O–H groups in total. The number of fused-ring (bicyclic) bond motifs is 2. The molecule has 2 aliphatic rings. The Morgan fingerprint density at radius 1 is 1.04 bits per heavy atom. The predicted molar refractivity (Wildman–Crippen MR) is 112 cm³/mol. The number of hydrogen-bond acceptors (Lipinski definition) is 3. The van der Waals surface area contributed by atoms with Crippen molar-refractivity contribution in [3.05, 3.63) is 59.1 Å². The lowest BCUT2D eigenvalue weighted by molar-refractivity contribution is -0.120. The molecule has 0 spiro atoms. The summed E-state index contributed by atoms with van der Waals surface area (Å²) >= 11 is 3.37. The third kappa shape index (κ3) is 3.96. The van der Waals surface area contributed by atoms with Gasteiger partial charge in [-0.2, -0.15) is 0 Å². The monoisotopic (exact) mass is 462 g/mol. The maximum absolute atomic E-state index is 13.3. The van der Waals surface area contributed by atoms with E-state index in [0.29, 0.717) is 17.5 Å². The average Bonchev–Trinajstić information content (AvgIpc) is 3.31. The number of amides is 1. The van der Waals surface area contributed by atoms with Gasteiger partial charge in [-0.3, -0.25) is 9.10 Å². The Hall–Kier alpha value is -1.86. The van der Waals surface area contributed by atoms with E-state index in [4.69, 9.17) is 0 Å². The standard InChI is InChI=1S/C21H23BrN2O3S/c22-17-8-10-18(11-9-17)24(28(26,27)19-4-2-1-3-5-19)14-21(25)23-20-13-15-6-7-16(20)12-15/h1-5,8-11,15-16,20H,6-7,12-14H2,(H,23,25)/t15-,16-,20+/m1/s1. The number of benzene rings is 2. The number of nitrogens with one attached hydrogen (secondary N) is 1. The Morgan fingerprint density at radius 2 is 1.75 bits per heavy atom. The van der Waals surface area contributed by atoms with Gasteiger partial charge in [0.15, 0.2) is 0 Å². The lowest BCUT2D eigenvalue weighted by Crippen LogP contribution is -2.45. The second-order valence-corrected chi connectivity index (χ2v) is 10.4. The number of nitrogens with zero attached hydrogens (tertiary/aromatic N) is 1. The van der Waals surface area contributed by atoms with Crippen LogP contribution in [0.1, 0.15) is 25.7 Å². The lowest BCUT2D eigenvalue weighted by Gasteiger charge is -2.27. The van der Waals surface area contributed by atoms with Crippen molar-refractivity contribution >= 4 is 37.5 Å². The molecule has 1 amide bonds. The van der Waals surface area contributed by atoms with Crippen LogP contribution in [-0.2, 0) is 14.8 Å². The van der Waals surface area contributed by atoms with E-state index in [9.17, 15) is 13.2 Å². The van der Waals surface area contributed by atoms with E-state index in [1.807, 2.05) is 0 Å². The summed E-state index contributed by atoms with van der Waals surface area (Å²) in [5.41, 5.74) is 0.468. The molecule has 2 bridgehead atoms. The van der Waals surface area contributed by atoms with Gasteiger partial charge >= 0.3 is 0 Å². The molecule has 0 radical (unpaired) electrons. The summed E-state index contributed by atoms with van der Waals surface area (Å²) in [6.45, 7) is -0.229. The third-order valence-corrected chi connectivity index (χ3v) is 8.13. The molecule has 0 aliphatic heterocycles. The molecule has 0 unspecified atom stereocenters. The smallest absolute Gasteiger partial charge is 0.264 e. The Labute approximate surface area is 174 Å². The first-order valence-electron chi connectivity index (χ1n) is 9.56. The summed E-state index contributed by atoms with van der Waals surface area (Å²) in [7, 11) is -3.85. The predicted octanol–water partition coefficient (Wildman–Crippen LogP) is 3.95. The number of carbonyl (C=O) groups excluding carboxylic acids is 1. The van der Waals surface area contributed by atoms with Gasteiger partial charge in [0.2, 0.25) is 5.91 Å². The minimum absolute atomic E-state index is 0.172. The van der Waals surface area contributed by atoms with Gasteiger partial charge in [-0.25, -0.2) is 8.42 Å². The topological polar surface area (TPSA) is 66.5 Å². The summed E-state index contributed by atoms with van der Waals surface area (Å²) in [6.07, 6.45) is 4.61. The molecule has 148 valence electrons. The van der Waals surface area contributed by atoms with Crippen molar-refractivity contribution in [2.24, 2.45) is 11.8 Å². The SMILES string of the molecule is O=C(CN(c1ccc(Br)cc1)S(=O)(=O)c1ccccc1)N[C@H]1C[C@@H]2CC[C@@H]1C2. The summed E-state index contributed by atoms with van der Waals surface area (Å²) in [5, 5.41) is 3.09. The highest BCUT2D eigenvalue weighted by molar-refractivity contribution is 9.10. The molecule has 0 saturated heterocycles. The second kappa shape index (κ2) is 7.87. The summed E-state index contributed by atoms with van der Waals surface area (Å²) < 4.78 is 28.5. The maximum atomic E-state index is 13.3. The molecular weight excluding hydrogens is 440 g/mol. The van der Waals surface area contributed by atoms with Gasteiger partial charge in [-0.1, -0.05) is 40.5 Å². The van der Waals surface area contributed by atoms with Gasteiger partial charge in [0.1, 0.15) is 6.54 Å². The van der Waals surface area contributed by atoms with Crippen molar-refractivity contribution < 1.29 is 13.2 Å². The van der Waals surface area contributed by atoms with Crippen molar-refractivity contribution in [3.63, 3.8) is 0 Å². The minimum atomic E-state index is -3.85. The lowest BCUT2D eigenvalue weighted by atomic mass is 9.95. The van der Waals surface area contributed by atoms with Crippen LogP contribution in [0.2, 0.25) is 0 Å². The van der Waals surface area contributed by atoms with Gasteiger partial charge in [-0.05, 0) is 67.5 Å². The third-order valence-electron chi connectivity index (χ3n) is 5.82. The fourth-order valence-electron chi connectivity index (χ4n) is 4.45. The molecule has 2 fully saturated rings. The van der Waals surface area contributed by atoms with Crippen molar-refractivity contribution in [2.75, 3.05) is 10.8 Å². The molecule has 0 heterocycles. The molecule has 5 nitrogen and oxygen atoms in total. The van der Waals surface area contributed by atoms with Crippen LogP contribution >= 0.6 is 15.9 Å². The van der Waals surface area contributed by atoms with Crippen LogP contribution in [0.25, 0.3) is 0 Å². The van der Waals surface area contributed by atoms with E-state index >= 15 is 0 Å². The van der Waals surface area contributed by atoms with Crippen LogP contribution in [0, 0.1) is 11.8 Å². The molecule has 0 aromatic heterocycles. The molecule has 4 rings (SSSR count). The quantitative estimate of drug-likeness (QED) is 0.706. The van der Waals surface area contributed by atoms with E-state index in [0.717, 1.165) is 17.3 Å². The maximum Gasteiger partial charge on any atom is 0.264 e. The zero-order chi connectivity index (χ0) is 19.7. The molecule has 2 aliphatic carbocycles. The van der Waals surface area contributed by atoms with Gasteiger partial charge < -0.3 is 5.32 Å². The van der Waals surface area contributed by atoms with E-state index in [1.165, 1.54) is 17.1 Å². The van der Waals surface area contributed by atoms with Gasteiger partial charge in [0, 0.05) is 10.5 Å². The molecule has 2 aromatic rings. The first-order valence-corrected chi connectivity index (χ1v) is 11.8. The largest absolute Gasteiger partial charge is 0.352 e. The molecule has 2 saturated carbocycles. The number of sulfonamides is 1.